The van der Waals surface area contributed by atoms with Crippen LogP contribution in [0.1, 0.15) is 29.0 Å². The van der Waals surface area contributed by atoms with Crippen LogP contribution in [0.5, 0.6) is 0 Å². The minimum atomic E-state index is -4.93. The van der Waals surface area contributed by atoms with Gasteiger partial charge in [0.15, 0.2) is 11.4 Å². The molecule has 3 aromatic rings. The lowest BCUT2D eigenvalue weighted by Crippen LogP contribution is -2.21. The Morgan fingerprint density at radius 3 is 2.40 bits per heavy atom. The predicted octanol–water partition coefficient (Wildman–Crippen LogP) is 4.28. The van der Waals surface area contributed by atoms with Crippen molar-refractivity contribution in [2.24, 2.45) is 0 Å². The zero-order valence-electron chi connectivity index (χ0n) is 15.7. The molecule has 1 aliphatic rings. The van der Waals surface area contributed by atoms with Gasteiger partial charge >= 0.3 is 6.18 Å². The highest BCUT2D eigenvalue weighted by Gasteiger charge is 2.42. The molecule has 6 nitrogen and oxygen atoms in total. The first-order valence-corrected chi connectivity index (χ1v) is 9.28. The number of halogens is 4. The first kappa shape index (κ1) is 19.9. The minimum Gasteiger partial charge on any atom is -0.371 e. The third kappa shape index (κ3) is 3.98. The van der Waals surface area contributed by atoms with Crippen molar-refractivity contribution in [3.8, 4) is 5.69 Å². The van der Waals surface area contributed by atoms with Gasteiger partial charge in [-0.2, -0.15) is 13.2 Å². The number of hydrogen-bond donors (Lipinski definition) is 1. The molecule has 4 rings (SSSR count). The van der Waals surface area contributed by atoms with Crippen molar-refractivity contribution in [3.05, 3.63) is 65.7 Å². The van der Waals surface area contributed by atoms with Gasteiger partial charge in [0.05, 0.1) is 5.69 Å². The molecule has 0 saturated carbocycles. The van der Waals surface area contributed by atoms with E-state index in [0.717, 1.165) is 43.8 Å². The molecule has 1 fully saturated rings. The van der Waals surface area contributed by atoms with Gasteiger partial charge < -0.3 is 10.2 Å². The largest absolute Gasteiger partial charge is 0.435 e. The van der Waals surface area contributed by atoms with E-state index in [1.807, 2.05) is 6.07 Å². The minimum absolute atomic E-state index is 0.190. The Bertz CT molecular complexity index is 1070. The van der Waals surface area contributed by atoms with Crippen LogP contribution in [0.3, 0.4) is 0 Å². The second-order valence-electron chi connectivity index (χ2n) is 6.87. The molecule has 1 saturated heterocycles. The molecule has 2 heterocycles. The van der Waals surface area contributed by atoms with Crippen LogP contribution in [0, 0.1) is 5.82 Å². The summed E-state index contributed by atoms with van der Waals surface area (Å²) in [5.41, 5.74) is -1.23. The molecule has 30 heavy (non-hydrogen) atoms. The predicted molar refractivity (Wildman–Crippen MR) is 102 cm³/mol. The molecule has 10 heteroatoms. The van der Waals surface area contributed by atoms with Crippen LogP contribution in [0.25, 0.3) is 5.69 Å². The van der Waals surface area contributed by atoms with E-state index in [9.17, 15) is 22.4 Å². The summed E-state index contributed by atoms with van der Waals surface area (Å²) in [6.07, 6.45) is -2.80. The number of anilines is 2. The molecule has 1 N–H and O–H groups in total. The summed E-state index contributed by atoms with van der Waals surface area (Å²) in [6.45, 7) is 1.77. The molecule has 0 bridgehead atoms. The number of carbonyl (C=O) groups is 1. The van der Waals surface area contributed by atoms with Crippen LogP contribution in [0.2, 0.25) is 0 Å². The van der Waals surface area contributed by atoms with Crippen molar-refractivity contribution >= 4 is 17.3 Å². The Kier molecular flexibility index (Phi) is 5.15. The Balaban J connectivity index is 1.65. The van der Waals surface area contributed by atoms with Crippen LogP contribution in [-0.4, -0.2) is 34.0 Å². The normalized spacial score (nSPS) is 14.2. The number of aromatic nitrogens is 3. The van der Waals surface area contributed by atoms with E-state index >= 15 is 0 Å². The lowest BCUT2D eigenvalue weighted by atomic mass is 10.2. The molecule has 1 aliphatic heterocycles. The summed E-state index contributed by atoms with van der Waals surface area (Å²) >= 11 is 0. The summed E-state index contributed by atoms with van der Waals surface area (Å²) in [5, 5.41) is 9.34. The number of amides is 1. The topological polar surface area (TPSA) is 63.1 Å². The van der Waals surface area contributed by atoms with Crippen LogP contribution in [0.4, 0.5) is 28.9 Å². The molecule has 0 unspecified atom stereocenters. The number of alkyl halides is 3. The van der Waals surface area contributed by atoms with E-state index in [4.69, 9.17) is 0 Å². The second-order valence-corrected chi connectivity index (χ2v) is 6.87. The molecule has 0 spiro atoms. The van der Waals surface area contributed by atoms with E-state index in [0.29, 0.717) is 10.4 Å². The monoisotopic (exact) mass is 419 g/mol. The highest BCUT2D eigenvalue weighted by Crippen LogP contribution is 2.33. The molecule has 2 aromatic carbocycles. The fourth-order valence-corrected chi connectivity index (χ4v) is 3.42. The van der Waals surface area contributed by atoms with Crippen molar-refractivity contribution in [2.45, 2.75) is 19.0 Å². The summed E-state index contributed by atoms with van der Waals surface area (Å²) in [4.78, 5) is 14.7. The van der Waals surface area contributed by atoms with Gasteiger partial charge in [-0.25, -0.2) is 9.07 Å². The van der Waals surface area contributed by atoms with Crippen LogP contribution in [-0.2, 0) is 6.18 Å². The Labute approximate surface area is 169 Å². The summed E-state index contributed by atoms with van der Waals surface area (Å²) < 4.78 is 55.0. The molecule has 1 aromatic heterocycles. The fourth-order valence-electron chi connectivity index (χ4n) is 3.42. The van der Waals surface area contributed by atoms with E-state index in [2.05, 4.69) is 20.5 Å². The van der Waals surface area contributed by atoms with Crippen LogP contribution >= 0.6 is 0 Å². The van der Waals surface area contributed by atoms with E-state index in [-0.39, 0.29) is 5.69 Å². The summed E-state index contributed by atoms with van der Waals surface area (Å²) in [6, 6.07) is 11.3. The van der Waals surface area contributed by atoms with Crippen molar-refractivity contribution in [1.29, 1.82) is 0 Å². The van der Waals surface area contributed by atoms with Gasteiger partial charge in [-0.1, -0.05) is 17.3 Å². The molecule has 0 radical (unpaired) electrons. The SMILES string of the molecule is O=C(Nc1cccc(N2CCCC2)c1)c1nnn(-c2cccc(F)c2)c1C(F)(F)F. The van der Waals surface area contributed by atoms with Gasteiger partial charge in [0, 0.05) is 24.5 Å². The first-order valence-electron chi connectivity index (χ1n) is 9.28. The van der Waals surface area contributed by atoms with E-state index < -0.39 is 29.3 Å². The zero-order chi connectivity index (χ0) is 21.3. The second kappa shape index (κ2) is 7.77. The lowest BCUT2D eigenvalue weighted by molar-refractivity contribution is -0.143. The summed E-state index contributed by atoms with van der Waals surface area (Å²) in [5.74, 6) is -1.79. The van der Waals surface area contributed by atoms with Gasteiger partial charge in [-0.05, 0) is 49.2 Å². The number of hydrogen-bond acceptors (Lipinski definition) is 4. The number of carbonyl (C=O) groups excluding carboxylic acids is 1. The van der Waals surface area contributed by atoms with Gasteiger partial charge in [0.25, 0.3) is 5.91 Å². The maximum absolute atomic E-state index is 13.7. The smallest absolute Gasteiger partial charge is 0.371 e. The van der Waals surface area contributed by atoms with Crippen molar-refractivity contribution in [3.63, 3.8) is 0 Å². The average molecular weight is 419 g/mol. The van der Waals surface area contributed by atoms with Crippen LogP contribution < -0.4 is 10.2 Å². The number of nitrogens with zero attached hydrogens (tertiary/aromatic N) is 4. The Hall–Kier alpha value is -3.43. The summed E-state index contributed by atoms with van der Waals surface area (Å²) in [7, 11) is 0. The van der Waals surface area contributed by atoms with Crippen molar-refractivity contribution in [2.75, 3.05) is 23.3 Å². The lowest BCUT2D eigenvalue weighted by Gasteiger charge is -2.18. The molecule has 0 aliphatic carbocycles. The molecular weight excluding hydrogens is 402 g/mol. The number of benzene rings is 2. The third-order valence-corrected chi connectivity index (χ3v) is 4.78. The highest BCUT2D eigenvalue weighted by molar-refractivity contribution is 6.04. The Morgan fingerprint density at radius 1 is 1.00 bits per heavy atom. The van der Waals surface area contributed by atoms with Gasteiger partial charge in [0.1, 0.15) is 5.82 Å². The van der Waals surface area contributed by atoms with Gasteiger partial charge in [-0.3, -0.25) is 4.79 Å². The number of nitrogens with one attached hydrogen (secondary N) is 1. The number of rotatable bonds is 4. The zero-order valence-corrected chi connectivity index (χ0v) is 15.7. The van der Waals surface area contributed by atoms with Crippen LogP contribution in [0.15, 0.2) is 48.5 Å². The average Bonchev–Trinajstić information content (AvgIpc) is 3.38. The Morgan fingerprint density at radius 2 is 1.70 bits per heavy atom. The molecule has 156 valence electrons. The molecule has 1 amide bonds. The van der Waals surface area contributed by atoms with Crippen molar-refractivity contribution < 1.29 is 22.4 Å². The quantitative estimate of drug-likeness (QED) is 0.642. The fraction of sp³-hybridized carbons (Fsp3) is 0.250. The maximum atomic E-state index is 13.7. The van der Waals surface area contributed by atoms with Gasteiger partial charge in [-0.15, -0.1) is 5.10 Å². The molecule has 0 atom stereocenters. The highest BCUT2D eigenvalue weighted by atomic mass is 19.4. The first-order chi connectivity index (χ1) is 14.3. The van der Waals surface area contributed by atoms with Crippen molar-refractivity contribution in [1.82, 2.24) is 15.0 Å². The maximum Gasteiger partial charge on any atom is 0.435 e. The molecular formula is C20H17F4N5O. The van der Waals surface area contributed by atoms with E-state index in [1.54, 1.807) is 18.2 Å². The van der Waals surface area contributed by atoms with Gasteiger partial charge in [0.2, 0.25) is 0 Å². The van der Waals surface area contributed by atoms with E-state index in [1.165, 1.54) is 12.1 Å². The standard InChI is InChI=1S/C20H17F4N5O/c21-13-5-3-8-16(11-13)29-18(20(22,23)24)17(26-27-29)19(30)25-14-6-4-7-15(12-14)28-9-1-2-10-28/h3-8,11-12H,1-2,9-10H2,(H,25,30). The third-order valence-electron chi connectivity index (χ3n) is 4.78.